The Labute approximate surface area is 113 Å². The fourth-order valence-electron chi connectivity index (χ4n) is 1.97. The molecule has 0 N–H and O–H groups in total. The van der Waals surface area contributed by atoms with E-state index in [4.69, 9.17) is 0 Å². The molecule has 0 radical (unpaired) electrons. The van der Waals surface area contributed by atoms with Crippen molar-refractivity contribution in [2.75, 3.05) is 7.11 Å². The Bertz CT molecular complexity index is 736. The average molecular weight is 276 g/mol. The van der Waals surface area contributed by atoms with Gasteiger partial charge in [-0.05, 0) is 6.92 Å². The highest BCUT2D eigenvalue weighted by atomic mass is 32.1. The predicted octanol–water partition coefficient (Wildman–Crippen LogP) is 1.89. The van der Waals surface area contributed by atoms with Crippen molar-refractivity contribution < 1.29 is 9.53 Å². The van der Waals surface area contributed by atoms with Gasteiger partial charge in [0.2, 0.25) is 0 Å². The van der Waals surface area contributed by atoms with Crippen LogP contribution in [0.1, 0.15) is 15.4 Å². The van der Waals surface area contributed by atoms with Crippen molar-refractivity contribution in [2.45, 2.75) is 6.92 Å². The van der Waals surface area contributed by atoms with Crippen LogP contribution in [0.15, 0.2) is 18.6 Å². The molecule has 0 unspecified atom stereocenters. The molecule has 3 rings (SSSR count). The largest absolute Gasteiger partial charge is 0.465 e. The van der Waals surface area contributed by atoms with Gasteiger partial charge in [0.25, 0.3) is 0 Å². The standard InChI is InChI=1S/C12H12N4O2S/c1-7-8(4-15(2)14-7)9-5-16-6-10(11(17)18-3)19-12(16)13-9/h4-6H,1-3H3. The number of aromatic nitrogens is 4. The summed E-state index contributed by atoms with van der Waals surface area (Å²) in [7, 11) is 3.25. The number of carbonyl (C=O) groups is 1. The monoisotopic (exact) mass is 276 g/mol. The lowest BCUT2D eigenvalue weighted by molar-refractivity contribution is 0.0606. The lowest BCUT2D eigenvalue weighted by Crippen LogP contribution is -1.97. The van der Waals surface area contributed by atoms with Gasteiger partial charge in [0.15, 0.2) is 4.96 Å². The van der Waals surface area contributed by atoms with Gasteiger partial charge in [0.1, 0.15) is 4.88 Å². The number of hydrogen-bond acceptors (Lipinski definition) is 5. The lowest BCUT2D eigenvalue weighted by atomic mass is 10.2. The van der Waals surface area contributed by atoms with E-state index in [2.05, 4.69) is 14.8 Å². The predicted molar refractivity (Wildman–Crippen MR) is 71.3 cm³/mol. The van der Waals surface area contributed by atoms with Gasteiger partial charge in [0.05, 0.1) is 18.5 Å². The number of aryl methyl sites for hydroxylation is 2. The molecule has 0 aliphatic rings. The number of esters is 1. The van der Waals surface area contributed by atoms with Gasteiger partial charge in [0, 0.05) is 31.2 Å². The summed E-state index contributed by atoms with van der Waals surface area (Å²) in [5, 5.41) is 4.30. The van der Waals surface area contributed by atoms with Crippen molar-refractivity contribution in [2.24, 2.45) is 7.05 Å². The third-order valence-electron chi connectivity index (χ3n) is 2.83. The van der Waals surface area contributed by atoms with Crippen molar-refractivity contribution in [3.8, 4) is 11.3 Å². The third-order valence-corrected chi connectivity index (χ3v) is 3.81. The quantitative estimate of drug-likeness (QED) is 0.671. The van der Waals surface area contributed by atoms with E-state index < -0.39 is 0 Å². The van der Waals surface area contributed by atoms with E-state index in [1.165, 1.54) is 18.4 Å². The molecule has 0 bridgehead atoms. The lowest BCUT2D eigenvalue weighted by Gasteiger charge is -1.92. The number of fused-ring (bicyclic) bond motifs is 1. The summed E-state index contributed by atoms with van der Waals surface area (Å²) in [6.07, 6.45) is 5.55. The SMILES string of the molecule is COC(=O)c1cn2cc(-c3cn(C)nc3C)nc2s1. The zero-order valence-corrected chi connectivity index (χ0v) is 11.6. The molecule has 7 heteroatoms. The number of thiazole rings is 1. The minimum absolute atomic E-state index is 0.338. The number of nitrogens with zero attached hydrogens (tertiary/aromatic N) is 4. The molecule has 0 aliphatic carbocycles. The van der Waals surface area contributed by atoms with Gasteiger partial charge in [-0.15, -0.1) is 0 Å². The van der Waals surface area contributed by atoms with Crippen LogP contribution in [0.25, 0.3) is 16.2 Å². The molecule has 3 aromatic heterocycles. The van der Waals surface area contributed by atoms with Gasteiger partial charge >= 0.3 is 5.97 Å². The van der Waals surface area contributed by atoms with Gasteiger partial charge in [-0.25, -0.2) is 9.78 Å². The molecule has 3 heterocycles. The van der Waals surface area contributed by atoms with E-state index in [1.807, 2.05) is 30.8 Å². The minimum atomic E-state index is -0.338. The van der Waals surface area contributed by atoms with Crippen LogP contribution in [0, 0.1) is 6.92 Å². The summed E-state index contributed by atoms with van der Waals surface area (Å²) >= 11 is 1.31. The summed E-state index contributed by atoms with van der Waals surface area (Å²) in [6.45, 7) is 1.95. The second kappa shape index (κ2) is 4.20. The Morgan fingerprint density at radius 1 is 1.37 bits per heavy atom. The number of ether oxygens (including phenoxy) is 1. The Morgan fingerprint density at radius 2 is 2.16 bits per heavy atom. The maximum atomic E-state index is 11.4. The van der Waals surface area contributed by atoms with E-state index in [9.17, 15) is 4.79 Å². The van der Waals surface area contributed by atoms with Crippen molar-refractivity contribution in [3.63, 3.8) is 0 Å². The topological polar surface area (TPSA) is 61.4 Å². The van der Waals surface area contributed by atoms with E-state index >= 15 is 0 Å². The van der Waals surface area contributed by atoms with Crippen molar-refractivity contribution in [1.29, 1.82) is 0 Å². The van der Waals surface area contributed by atoms with Crippen LogP contribution in [0.2, 0.25) is 0 Å². The van der Waals surface area contributed by atoms with Crippen LogP contribution in [-0.2, 0) is 11.8 Å². The average Bonchev–Trinajstić information content (AvgIpc) is 3.00. The molecule has 0 fully saturated rings. The molecule has 98 valence electrons. The summed E-state index contributed by atoms with van der Waals surface area (Å²) in [5.41, 5.74) is 2.78. The van der Waals surface area contributed by atoms with Crippen LogP contribution in [0.3, 0.4) is 0 Å². The highest BCUT2D eigenvalue weighted by Gasteiger charge is 2.15. The van der Waals surface area contributed by atoms with Crippen LogP contribution in [-0.4, -0.2) is 32.2 Å². The minimum Gasteiger partial charge on any atom is -0.465 e. The van der Waals surface area contributed by atoms with Crippen molar-refractivity contribution in [3.05, 3.63) is 29.2 Å². The fraction of sp³-hybridized carbons (Fsp3) is 0.250. The van der Waals surface area contributed by atoms with Crippen molar-refractivity contribution in [1.82, 2.24) is 19.2 Å². The molecule has 0 aliphatic heterocycles. The number of rotatable bonds is 2. The molecule has 0 saturated carbocycles. The second-order valence-electron chi connectivity index (χ2n) is 4.20. The summed E-state index contributed by atoms with van der Waals surface area (Å²) in [4.78, 5) is 17.2. The smallest absolute Gasteiger partial charge is 0.349 e. The molecule has 6 nitrogen and oxygen atoms in total. The molecular weight excluding hydrogens is 264 g/mol. The Balaban J connectivity index is 2.06. The highest BCUT2D eigenvalue weighted by molar-refractivity contribution is 7.18. The molecule has 19 heavy (non-hydrogen) atoms. The van der Waals surface area contributed by atoms with Gasteiger partial charge in [-0.3, -0.25) is 9.08 Å². The normalized spacial score (nSPS) is 11.1. The van der Waals surface area contributed by atoms with Crippen LogP contribution in [0.5, 0.6) is 0 Å². The first kappa shape index (κ1) is 11.9. The summed E-state index contributed by atoms with van der Waals surface area (Å²) in [6, 6.07) is 0. The molecule has 3 aromatic rings. The summed E-state index contributed by atoms with van der Waals surface area (Å²) in [5.74, 6) is -0.338. The Kier molecular flexibility index (Phi) is 2.63. The molecule has 0 saturated heterocycles. The molecule has 0 amide bonds. The van der Waals surface area contributed by atoms with Crippen LogP contribution < -0.4 is 0 Å². The zero-order chi connectivity index (χ0) is 13.6. The van der Waals surface area contributed by atoms with E-state index in [0.29, 0.717) is 4.88 Å². The van der Waals surface area contributed by atoms with Gasteiger partial charge in [-0.1, -0.05) is 11.3 Å². The first-order valence-electron chi connectivity index (χ1n) is 5.66. The van der Waals surface area contributed by atoms with Crippen LogP contribution in [0.4, 0.5) is 0 Å². The van der Waals surface area contributed by atoms with E-state index in [0.717, 1.165) is 21.9 Å². The number of carbonyl (C=O) groups excluding carboxylic acids is 1. The number of methoxy groups -OCH3 is 1. The summed E-state index contributed by atoms with van der Waals surface area (Å²) < 4.78 is 8.28. The Morgan fingerprint density at radius 3 is 2.74 bits per heavy atom. The number of hydrogen-bond donors (Lipinski definition) is 0. The molecule has 0 aromatic carbocycles. The fourth-order valence-corrected chi connectivity index (χ4v) is 2.86. The van der Waals surface area contributed by atoms with Crippen LogP contribution >= 0.6 is 11.3 Å². The first-order valence-corrected chi connectivity index (χ1v) is 6.47. The highest BCUT2D eigenvalue weighted by Crippen LogP contribution is 2.25. The first-order chi connectivity index (χ1) is 9.08. The second-order valence-corrected chi connectivity index (χ2v) is 5.21. The van der Waals surface area contributed by atoms with Crippen molar-refractivity contribution >= 4 is 22.3 Å². The van der Waals surface area contributed by atoms with E-state index in [-0.39, 0.29) is 5.97 Å². The molecule has 0 spiro atoms. The molecule has 0 atom stereocenters. The Hall–Kier alpha value is -2.15. The number of imidazole rings is 1. The maximum Gasteiger partial charge on any atom is 0.349 e. The molecular formula is C12H12N4O2S. The van der Waals surface area contributed by atoms with Gasteiger partial charge < -0.3 is 4.74 Å². The van der Waals surface area contributed by atoms with Gasteiger partial charge in [-0.2, -0.15) is 5.10 Å². The third kappa shape index (κ3) is 1.91. The van der Waals surface area contributed by atoms with E-state index in [1.54, 1.807) is 10.9 Å². The maximum absolute atomic E-state index is 11.4. The zero-order valence-electron chi connectivity index (χ0n) is 10.7.